The lowest BCUT2D eigenvalue weighted by molar-refractivity contribution is 0.0772. The fourth-order valence-corrected chi connectivity index (χ4v) is 5.06. The van der Waals surface area contributed by atoms with E-state index in [4.69, 9.17) is 0 Å². The van der Waals surface area contributed by atoms with Crippen LogP contribution in [0.1, 0.15) is 44.9 Å². The van der Waals surface area contributed by atoms with Crippen LogP contribution in [0.2, 0.25) is 0 Å². The van der Waals surface area contributed by atoms with E-state index in [0.717, 1.165) is 18.1 Å². The largest absolute Gasteiger partial charge is 0.312 e. The van der Waals surface area contributed by atoms with Crippen molar-refractivity contribution in [1.29, 1.82) is 0 Å². The second kappa shape index (κ2) is 5.94. The van der Waals surface area contributed by atoms with E-state index >= 15 is 0 Å². The van der Waals surface area contributed by atoms with E-state index in [9.17, 15) is 0 Å². The minimum absolute atomic E-state index is 0.808. The highest BCUT2D eigenvalue weighted by atomic mass is 32.2. The van der Waals surface area contributed by atoms with E-state index in [1.54, 1.807) is 0 Å². The SMILES string of the molecule is C1CNC(C2CCCCN2C2CCCSC2)C1. The van der Waals surface area contributed by atoms with Crippen LogP contribution < -0.4 is 5.32 Å². The molecule has 0 radical (unpaired) electrons. The van der Waals surface area contributed by atoms with Crippen molar-refractivity contribution in [2.45, 2.75) is 63.1 Å². The summed E-state index contributed by atoms with van der Waals surface area (Å²) in [5, 5.41) is 3.75. The van der Waals surface area contributed by atoms with Gasteiger partial charge in [0.15, 0.2) is 0 Å². The zero-order valence-corrected chi connectivity index (χ0v) is 11.7. The second-order valence-corrected chi connectivity index (χ2v) is 7.02. The molecule has 0 amide bonds. The van der Waals surface area contributed by atoms with Gasteiger partial charge in [-0.25, -0.2) is 0 Å². The number of nitrogens with one attached hydrogen (secondary N) is 1. The van der Waals surface area contributed by atoms with E-state index in [1.807, 2.05) is 0 Å². The van der Waals surface area contributed by atoms with Gasteiger partial charge in [0.1, 0.15) is 0 Å². The molecule has 3 heteroatoms. The summed E-state index contributed by atoms with van der Waals surface area (Å²) in [5.41, 5.74) is 0. The Labute approximate surface area is 110 Å². The number of rotatable bonds is 2. The number of nitrogens with zero attached hydrogens (tertiary/aromatic N) is 1. The lowest BCUT2D eigenvalue weighted by Crippen LogP contribution is -2.55. The Hall–Kier alpha value is 0.270. The predicted molar refractivity (Wildman–Crippen MR) is 75.7 cm³/mol. The summed E-state index contributed by atoms with van der Waals surface area (Å²) in [5.74, 6) is 2.79. The average molecular weight is 254 g/mol. The molecule has 3 saturated heterocycles. The maximum Gasteiger partial charge on any atom is 0.0252 e. The van der Waals surface area contributed by atoms with Gasteiger partial charge in [0.25, 0.3) is 0 Å². The Bertz CT molecular complexity index is 234. The van der Waals surface area contributed by atoms with E-state index in [-0.39, 0.29) is 0 Å². The van der Waals surface area contributed by atoms with Gasteiger partial charge in [0.2, 0.25) is 0 Å². The van der Waals surface area contributed by atoms with Gasteiger partial charge in [-0.15, -0.1) is 0 Å². The summed E-state index contributed by atoms with van der Waals surface area (Å²) in [6.45, 7) is 2.63. The van der Waals surface area contributed by atoms with Gasteiger partial charge in [0, 0.05) is 23.9 Å². The van der Waals surface area contributed by atoms with Crippen LogP contribution in [-0.2, 0) is 0 Å². The third kappa shape index (κ3) is 2.82. The van der Waals surface area contributed by atoms with Crippen LogP contribution in [-0.4, -0.2) is 47.6 Å². The molecule has 3 aliphatic heterocycles. The molecule has 98 valence electrons. The van der Waals surface area contributed by atoms with Gasteiger partial charge >= 0.3 is 0 Å². The van der Waals surface area contributed by atoms with Gasteiger partial charge in [-0.2, -0.15) is 11.8 Å². The molecule has 3 heterocycles. The van der Waals surface area contributed by atoms with Crippen molar-refractivity contribution in [3.05, 3.63) is 0 Å². The van der Waals surface area contributed by atoms with Crippen LogP contribution in [0.25, 0.3) is 0 Å². The number of hydrogen-bond acceptors (Lipinski definition) is 3. The fourth-order valence-electron chi connectivity index (χ4n) is 3.89. The molecule has 3 fully saturated rings. The van der Waals surface area contributed by atoms with E-state index in [1.165, 1.54) is 69.5 Å². The molecule has 0 saturated carbocycles. The topological polar surface area (TPSA) is 15.3 Å². The minimum atomic E-state index is 0.808. The Morgan fingerprint density at radius 2 is 2.00 bits per heavy atom. The molecule has 0 spiro atoms. The van der Waals surface area contributed by atoms with Crippen LogP contribution in [0, 0.1) is 0 Å². The lowest BCUT2D eigenvalue weighted by atomic mass is 9.92. The molecule has 0 aromatic carbocycles. The van der Waals surface area contributed by atoms with E-state index in [0.29, 0.717) is 0 Å². The summed E-state index contributed by atoms with van der Waals surface area (Å²) in [6.07, 6.45) is 10.0. The zero-order valence-electron chi connectivity index (χ0n) is 10.9. The van der Waals surface area contributed by atoms with Crippen molar-refractivity contribution in [1.82, 2.24) is 10.2 Å². The first-order valence-electron chi connectivity index (χ1n) is 7.52. The number of likely N-dealkylation sites (tertiary alicyclic amines) is 1. The standard InChI is InChI=1S/C14H26N2S/c1-2-9-16(12-5-4-10-17-11-12)14(7-1)13-6-3-8-15-13/h12-15H,1-11H2. The van der Waals surface area contributed by atoms with Gasteiger partial charge in [-0.1, -0.05) is 6.42 Å². The summed E-state index contributed by atoms with van der Waals surface area (Å²) in [4.78, 5) is 2.89. The molecule has 3 unspecified atom stereocenters. The quantitative estimate of drug-likeness (QED) is 0.815. The zero-order chi connectivity index (χ0) is 11.5. The Balaban J connectivity index is 1.65. The number of hydrogen-bond donors (Lipinski definition) is 1. The smallest absolute Gasteiger partial charge is 0.0252 e. The first-order valence-corrected chi connectivity index (χ1v) is 8.67. The van der Waals surface area contributed by atoms with Gasteiger partial charge in [0.05, 0.1) is 0 Å². The summed E-state index contributed by atoms with van der Waals surface area (Å²) >= 11 is 2.18. The van der Waals surface area contributed by atoms with E-state index < -0.39 is 0 Å². The Kier molecular flexibility index (Phi) is 4.30. The van der Waals surface area contributed by atoms with Gasteiger partial charge < -0.3 is 5.32 Å². The van der Waals surface area contributed by atoms with Crippen LogP contribution in [0.4, 0.5) is 0 Å². The van der Waals surface area contributed by atoms with Crippen molar-refractivity contribution < 1.29 is 0 Å². The van der Waals surface area contributed by atoms with Crippen LogP contribution in [0.3, 0.4) is 0 Å². The van der Waals surface area contributed by atoms with Gasteiger partial charge in [-0.05, 0) is 57.4 Å². The molecular formula is C14H26N2S. The third-order valence-corrected chi connectivity index (χ3v) is 5.96. The third-order valence-electron chi connectivity index (χ3n) is 4.76. The first kappa shape index (κ1) is 12.3. The molecule has 0 aromatic heterocycles. The normalized spacial score (nSPS) is 40.6. The molecule has 3 aliphatic rings. The first-order chi connectivity index (χ1) is 8.45. The predicted octanol–water partition coefficient (Wildman–Crippen LogP) is 2.49. The molecule has 0 aromatic rings. The molecule has 3 rings (SSSR count). The van der Waals surface area contributed by atoms with Crippen molar-refractivity contribution >= 4 is 11.8 Å². The molecule has 17 heavy (non-hydrogen) atoms. The fraction of sp³-hybridized carbons (Fsp3) is 1.00. The molecule has 1 N–H and O–H groups in total. The summed E-state index contributed by atoms with van der Waals surface area (Å²) < 4.78 is 0. The highest BCUT2D eigenvalue weighted by Gasteiger charge is 2.35. The number of piperidine rings is 1. The van der Waals surface area contributed by atoms with Crippen molar-refractivity contribution in [2.24, 2.45) is 0 Å². The highest BCUT2D eigenvalue weighted by molar-refractivity contribution is 7.99. The van der Waals surface area contributed by atoms with Crippen molar-refractivity contribution in [3.63, 3.8) is 0 Å². The highest BCUT2D eigenvalue weighted by Crippen LogP contribution is 2.30. The monoisotopic (exact) mass is 254 g/mol. The van der Waals surface area contributed by atoms with Crippen LogP contribution in [0.15, 0.2) is 0 Å². The van der Waals surface area contributed by atoms with Crippen LogP contribution >= 0.6 is 11.8 Å². The molecule has 2 nitrogen and oxygen atoms in total. The Morgan fingerprint density at radius 3 is 2.76 bits per heavy atom. The molecular weight excluding hydrogens is 228 g/mol. The minimum Gasteiger partial charge on any atom is -0.312 e. The lowest BCUT2D eigenvalue weighted by Gasteiger charge is -2.45. The van der Waals surface area contributed by atoms with E-state index in [2.05, 4.69) is 22.0 Å². The van der Waals surface area contributed by atoms with Crippen molar-refractivity contribution in [3.8, 4) is 0 Å². The summed E-state index contributed by atoms with van der Waals surface area (Å²) in [6, 6.07) is 2.55. The summed E-state index contributed by atoms with van der Waals surface area (Å²) in [7, 11) is 0. The second-order valence-electron chi connectivity index (χ2n) is 5.87. The Morgan fingerprint density at radius 1 is 1.00 bits per heavy atom. The molecule has 0 aliphatic carbocycles. The number of thioether (sulfide) groups is 1. The maximum atomic E-state index is 3.75. The van der Waals surface area contributed by atoms with Crippen LogP contribution in [0.5, 0.6) is 0 Å². The van der Waals surface area contributed by atoms with Crippen molar-refractivity contribution in [2.75, 3.05) is 24.6 Å². The maximum absolute atomic E-state index is 3.75. The average Bonchev–Trinajstić information content (AvgIpc) is 2.94. The van der Waals surface area contributed by atoms with Gasteiger partial charge in [-0.3, -0.25) is 4.90 Å². The molecule has 3 atom stereocenters. The molecule has 0 bridgehead atoms.